The van der Waals surface area contributed by atoms with Crippen molar-refractivity contribution in [1.29, 1.82) is 0 Å². The van der Waals surface area contributed by atoms with E-state index in [-0.39, 0.29) is 30.9 Å². The van der Waals surface area contributed by atoms with Crippen molar-refractivity contribution in [2.24, 2.45) is 5.92 Å². The number of fused-ring (bicyclic) bond motifs is 1. The quantitative estimate of drug-likeness (QED) is 0.744. The summed E-state index contributed by atoms with van der Waals surface area (Å²) >= 11 is 0. The van der Waals surface area contributed by atoms with Crippen molar-refractivity contribution < 1.29 is 29.0 Å². The lowest BCUT2D eigenvalue weighted by Gasteiger charge is -2.45. The van der Waals surface area contributed by atoms with E-state index in [0.29, 0.717) is 0 Å². The van der Waals surface area contributed by atoms with E-state index in [1.165, 1.54) is 16.9 Å². The van der Waals surface area contributed by atoms with E-state index in [1.54, 1.807) is 0 Å². The summed E-state index contributed by atoms with van der Waals surface area (Å²) in [7, 11) is 1.27. The van der Waals surface area contributed by atoms with Crippen molar-refractivity contribution in [3.8, 4) is 0 Å². The lowest BCUT2D eigenvalue weighted by atomic mass is 9.96. The number of carbonyl (C=O) groups excluding carboxylic acids is 3. The van der Waals surface area contributed by atoms with E-state index < -0.39 is 36.3 Å². The van der Waals surface area contributed by atoms with Gasteiger partial charge in [-0.3, -0.25) is 9.69 Å². The van der Waals surface area contributed by atoms with Crippen molar-refractivity contribution in [2.45, 2.75) is 76.3 Å². The molecule has 0 spiro atoms. The standard InChI is InChI=1S/C18H28N2O6/c1-10(2)15-16(22)20-12(17(23)25-3)8-14(21)13(20)9-19(15)18(24)26-11-6-4-5-7-11/h10-15,21H,4-9H2,1-3H3/t12-,13+,14+,15+/m0/s1. The number of piperazine rings is 1. The van der Waals surface area contributed by atoms with Gasteiger partial charge < -0.3 is 19.5 Å². The second-order valence-electron chi connectivity index (χ2n) is 7.79. The third-order valence-electron chi connectivity index (χ3n) is 5.74. The van der Waals surface area contributed by atoms with Crippen molar-refractivity contribution in [3.05, 3.63) is 0 Å². The van der Waals surface area contributed by atoms with Crippen LogP contribution in [0.25, 0.3) is 0 Å². The van der Waals surface area contributed by atoms with Gasteiger partial charge in [0, 0.05) is 13.0 Å². The summed E-state index contributed by atoms with van der Waals surface area (Å²) < 4.78 is 10.4. The Labute approximate surface area is 153 Å². The fourth-order valence-corrected chi connectivity index (χ4v) is 4.44. The van der Waals surface area contributed by atoms with Gasteiger partial charge >= 0.3 is 12.1 Å². The Kier molecular flexibility index (Phi) is 5.41. The summed E-state index contributed by atoms with van der Waals surface area (Å²) in [4.78, 5) is 40.8. The number of rotatable bonds is 3. The fourth-order valence-electron chi connectivity index (χ4n) is 4.44. The van der Waals surface area contributed by atoms with Crippen LogP contribution in [0, 0.1) is 5.92 Å². The zero-order valence-corrected chi connectivity index (χ0v) is 15.6. The molecular weight excluding hydrogens is 340 g/mol. The van der Waals surface area contributed by atoms with Crippen LogP contribution in [-0.4, -0.2) is 76.9 Å². The maximum absolute atomic E-state index is 13.1. The van der Waals surface area contributed by atoms with Gasteiger partial charge in [-0.05, 0) is 31.6 Å². The molecule has 0 unspecified atom stereocenters. The van der Waals surface area contributed by atoms with Gasteiger partial charge in [-0.2, -0.15) is 0 Å². The molecular formula is C18H28N2O6. The Balaban J connectivity index is 1.83. The van der Waals surface area contributed by atoms with Gasteiger partial charge in [-0.1, -0.05) is 13.8 Å². The topological polar surface area (TPSA) is 96.4 Å². The van der Waals surface area contributed by atoms with Crippen LogP contribution >= 0.6 is 0 Å². The van der Waals surface area contributed by atoms with Crippen LogP contribution in [0.3, 0.4) is 0 Å². The number of hydrogen-bond acceptors (Lipinski definition) is 6. The third kappa shape index (κ3) is 3.26. The van der Waals surface area contributed by atoms with Crippen molar-refractivity contribution in [1.82, 2.24) is 9.80 Å². The molecule has 1 saturated carbocycles. The highest BCUT2D eigenvalue weighted by Crippen LogP contribution is 2.34. The predicted molar refractivity (Wildman–Crippen MR) is 91.1 cm³/mol. The molecule has 8 nitrogen and oxygen atoms in total. The van der Waals surface area contributed by atoms with E-state index >= 15 is 0 Å². The average Bonchev–Trinajstić information content (AvgIpc) is 3.21. The van der Waals surface area contributed by atoms with Gasteiger partial charge in [-0.15, -0.1) is 0 Å². The molecule has 26 heavy (non-hydrogen) atoms. The largest absolute Gasteiger partial charge is 0.467 e. The van der Waals surface area contributed by atoms with E-state index in [9.17, 15) is 19.5 Å². The SMILES string of the molecule is COC(=O)[C@@H]1C[C@@H](O)[C@H]2CN(C(=O)OC3CCCC3)[C@H](C(C)C)C(=O)N21. The first-order valence-corrected chi connectivity index (χ1v) is 9.40. The molecule has 0 bridgehead atoms. The first-order chi connectivity index (χ1) is 12.3. The molecule has 3 rings (SSSR count). The summed E-state index contributed by atoms with van der Waals surface area (Å²) in [5.74, 6) is -1.01. The van der Waals surface area contributed by atoms with E-state index in [0.717, 1.165) is 25.7 Å². The third-order valence-corrected chi connectivity index (χ3v) is 5.74. The van der Waals surface area contributed by atoms with Gasteiger partial charge in [0.1, 0.15) is 18.2 Å². The number of aliphatic hydroxyl groups is 1. The smallest absolute Gasteiger partial charge is 0.410 e. The summed E-state index contributed by atoms with van der Waals surface area (Å²) in [5.41, 5.74) is 0. The molecule has 1 aliphatic carbocycles. The Bertz CT molecular complexity index is 574. The lowest BCUT2D eigenvalue weighted by Crippen LogP contribution is -2.66. The van der Waals surface area contributed by atoms with Crippen molar-refractivity contribution in [2.75, 3.05) is 13.7 Å². The number of amides is 2. The normalized spacial score (nSPS) is 32.1. The zero-order valence-electron chi connectivity index (χ0n) is 15.6. The first-order valence-electron chi connectivity index (χ1n) is 9.40. The number of ether oxygens (including phenoxy) is 2. The first kappa shape index (κ1) is 18.9. The summed E-state index contributed by atoms with van der Waals surface area (Å²) in [6.45, 7) is 3.88. The van der Waals surface area contributed by atoms with Crippen LogP contribution in [0.15, 0.2) is 0 Å². The molecule has 0 aromatic rings. The highest BCUT2D eigenvalue weighted by atomic mass is 16.6. The number of methoxy groups -OCH3 is 1. The molecule has 0 radical (unpaired) electrons. The molecule has 2 saturated heterocycles. The fraction of sp³-hybridized carbons (Fsp3) is 0.833. The molecule has 3 aliphatic rings. The van der Waals surface area contributed by atoms with Gasteiger partial charge in [0.25, 0.3) is 0 Å². The molecule has 8 heteroatoms. The number of carbonyl (C=O) groups is 3. The second-order valence-corrected chi connectivity index (χ2v) is 7.79. The van der Waals surface area contributed by atoms with E-state index in [2.05, 4.69) is 0 Å². The van der Waals surface area contributed by atoms with Crippen LogP contribution < -0.4 is 0 Å². The number of hydrogen-bond donors (Lipinski definition) is 1. The zero-order chi connectivity index (χ0) is 19.0. The van der Waals surface area contributed by atoms with E-state index in [1.807, 2.05) is 13.8 Å². The highest BCUT2D eigenvalue weighted by molar-refractivity contribution is 5.92. The maximum Gasteiger partial charge on any atom is 0.410 e. The molecule has 2 heterocycles. The van der Waals surface area contributed by atoms with Crippen LogP contribution in [0.2, 0.25) is 0 Å². The minimum Gasteiger partial charge on any atom is -0.467 e. The Morgan fingerprint density at radius 1 is 1.23 bits per heavy atom. The Morgan fingerprint density at radius 2 is 1.88 bits per heavy atom. The average molecular weight is 368 g/mol. The van der Waals surface area contributed by atoms with Gasteiger partial charge in [0.2, 0.25) is 5.91 Å². The van der Waals surface area contributed by atoms with Gasteiger partial charge in [0.05, 0.1) is 19.3 Å². The maximum atomic E-state index is 13.1. The van der Waals surface area contributed by atoms with Crippen LogP contribution in [0.5, 0.6) is 0 Å². The predicted octanol–water partition coefficient (Wildman–Crippen LogP) is 0.909. The highest BCUT2D eigenvalue weighted by Gasteiger charge is 2.55. The molecule has 0 aromatic carbocycles. The monoisotopic (exact) mass is 368 g/mol. The molecule has 146 valence electrons. The summed E-state index contributed by atoms with van der Waals surface area (Å²) in [6, 6.07) is -2.13. The van der Waals surface area contributed by atoms with E-state index in [4.69, 9.17) is 9.47 Å². The summed E-state index contributed by atoms with van der Waals surface area (Å²) in [6.07, 6.45) is 2.43. The van der Waals surface area contributed by atoms with Crippen LogP contribution in [0.4, 0.5) is 4.79 Å². The molecule has 2 aliphatic heterocycles. The van der Waals surface area contributed by atoms with Crippen molar-refractivity contribution >= 4 is 18.0 Å². The van der Waals surface area contributed by atoms with Crippen molar-refractivity contribution in [3.63, 3.8) is 0 Å². The second kappa shape index (κ2) is 7.42. The molecule has 2 amide bonds. The summed E-state index contributed by atoms with van der Waals surface area (Å²) in [5, 5.41) is 10.4. The Morgan fingerprint density at radius 3 is 2.46 bits per heavy atom. The van der Waals surface area contributed by atoms with Crippen LogP contribution in [0.1, 0.15) is 46.0 Å². The number of esters is 1. The number of nitrogens with zero attached hydrogens (tertiary/aromatic N) is 2. The lowest BCUT2D eigenvalue weighted by molar-refractivity contribution is -0.159. The van der Waals surface area contributed by atoms with Gasteiger partial charge in [0.15, 0.2) is 0 Å². The van der Waals surface area contributed by atoms with Gasteiger partial charge in [-0.25, -0.2) is 9.59 Å². The minimum absolute atomic E-state index is 0.0974. The molecule has 1 N–H and O–H groups in total. The molecule has 3 fully saturated rings. The number of aliphatic hydroxyl groups excluding tert-OH is 1. The minimum atomic E-state index is -0.877. The molecule has 4 atom stereocenters. The Hall–Kier alpha value is -1.83. The molecule has 0 aromatic heterocycles. The van der Waals surface area contributed by atoms with Crippen LogP contribution in [-0.2, 0) is 19.1 Å².